The van der Waals surface area contributed by atoms with Crippen LogP contribution in [-0.2, 0) is 4.79 Å². The van der Waals surface area contributed by atoms with E-state index in [1.165, 1.54) is 25.7 Å². The quantitative estimate of drug-likeness (QED) is 0.488. The van der Waals surface area contributed by atoms with E-state index in [1.807, 2.05) is 42.5 Å². The van der Waals surface area contributed by atoms with Crippen molar-refractivity contribution in [2.45, 2.75) is 63.5 Å². The van der Waals surface area contributed by atoms with Crippen LogP contribution in [0.5, 0.6) is 5.75 Å². The third kappa shape index (κ3) is 4.11. The van der Waals surface area contributed by atoms with Crippen molar-refractivity contribution in [3.63, 3.8) is 0 Å². The molecule has 2 fully saturated rings. The molecule has 5 nitrogen and oxygen atoms in total. The van der Waals surface area contributed by atoms with Crippen LogP contribution in [-0.4, -0.2) is 28.6 Å². The Morgan fingerprint density at radius 1 is 1.09 bits per heavy atom. The molecule has 0 saturated heterocycles. The van der Waals surface area contributed by atoms with Gasteiger partial charge in [0.15, 0.2) is 0 Å². The number of fused-ring (bicyclic) bond motifs is 1. The maximum Gasteiger partial charge on any atom is 0.243 e. The van der Waals surface area contributed by atoms with Gasteiger partial charge in [-0.3, -0.25) is 4.79 Å². The molecule has 2 aliphatic carbocycles. The summed E-state index contributed by atoms with van der Waals surface area (Å²) >= 11 is 6.33. The highest BCUT2D eigenvalue weighted by Gasteiger charge is 2.37. The highest BCUT2D eigenvalue weighted by molar-refractivity contribution is 6.30. The molecule has 6 heteroatoms. The Morgan fingerprint density at radius 3 is 2.59 bits per heavy atom. The minimum Gasteiger partial charge on any atom is -0.497 e. The molecule has 0 bridgehead atoms. The molecule has 3 aromatic rings. The summed E-state index contributed by atoms with van der Waals surface area (Å²) in [5.41, 5.74) is 2.70. The largest absolute Gasteiger partial charge is 0.497 e. The van der Waals surface area contributed by atoms with Crippen LogP contribution < -0.4 is 10.1 Å². The third-order valence-electron chi connectivity index (χ3n) is 7.07. The SMILES string of the molecule is COc1ccc2nc(-c3cccc(Cl)c3)n(C(C(=O)NC3CCCCC3)C3CCC3)c2c1. The summed E-state index contributed by atoms with van der Waals surface area (Å²) in [4.78, 5) is 18.7. The summed E-state index contributed by atoms with van der Waals surface area (Å²) in [6.45, 7) is 0. The lowest BCUT2D eigenvalue weighted by Gasteiger charge is -2.36. The van der Waals surface area contributed by atoms with E-state index < -0.39 is 0 Å². The number of carbonyl (C=O) groups is 1. The van der Waals surface area contributed by atoms with Crippen molar-refractivity contribution in [1.82, 2.24) is 14.9 Å². The summed E-state index contributed by atoms with van der Waals surface area (Å²) in [6, 6.07) is 13.6. The number of carbonyl (C=O) groups excluding carboxylic acids is 1. The van der Waals surface area contributed by atoms with Gasteiger partial charge in [-0.25, -0.2) is 4.98 Å². The Morgan fingerprint density at radius 2 is 1.91 bits per heavy atom. The van der Waals surface area contributed by atoms with Crippen molar-refractivity contribution in [1.29, 1.82) is 0 Å². The fourth-order valence-electron chi connectivity index (χ4n) is 5.14. The zero-order chi connectivity index (χ0) is 22.1. The van der Waals surface area contributed by atoms with Crippen LogP contribution in [0.3, 0.4) is 0 Å². The Labute approximate surface area is 194 Å². The number of nitrogens with zero attached hydrogens (tertiary/aromatic N) is 2. The molecule has 2 aromatic carbocycles. The normalized spacial score (nSPS) is 18.3. The van der Waals surface area contributed by atoms with Gasteiger partial charge < -0.3 is 14.6 Å². The number of methoxy groups -OCH3 is 1. The minimum atomic E-state index is -0.295. The second-order valence-corrected chi connectivity index (χ2v) is 9.59. The fraction of sp³-hybridized carbons (Fsp3) is 0.462. The number of hydrogen-bond acceptors (Lipinski definition) is 3. The van der Waals surface area contributed by atoms with E-state index >= 15 is 0 Å². The number of aromatic nitrogens is 2. The highest BCUT2D eigenvalue weighted by atomic mass is 35.5. The molecule has 32 heavy (non-hydrogen) atoms. The molecule has 0 spiro atoms. The van der Waals surface area contributed by atoms with Crippen molar-refractivity contribution in [2.75, 3.05) is 7.11 Å². The van der Waals surface area contributed by atoms with Gasteiger partial charge in [0.05, 0.1) is 18.1 Å². The van der Waals surface area contributed by atoms with E-state index in [0.29, 0.717) is 10.9 Å². The molecule has 1 atom stereocenters. The molecule has 1 unspecified atom stereocenters. The summed E-state index contributed by atoms with van der Waals surface area (Å²) in [6.07, 6.45) is 9.08. The molecule has 2 aliphatic rings. The van der Waals surface area contributed by atoms with E-state index in [0.717, 1.165) is 53.9 Å². The van der Waals surface area contributed by atoms with Gasteiger partial charge in [-0.15, -0.1) is 0 Å². The average molecular weight is 452 g/mol. The monoisotopic (exact) mass is 451 g/mol. The standard InChI is InChI=1S/C26H30ClN3O2/c1-32-21-13-14-22-23(16-21)30(25(29-22)18-9-6-10-19(27)15-18)24(17-7-5-8-17)26(31)28-20-11-3-2-4-12-20/h6,9-10,13-17,20,24H,2-5,7-8,11-12H2,1H3,(H,28,31). The maximum absolute atomic E-state index is 13.8. The molecule has 1 N–H and O–H groups in total. The van der Waals surface area contributed by atoms with E-state index in [4.69, 9.17) is 21.3 Å². The second-order valence-electron chi connectivity index (χ2n) is 9.15. The van der Waals surface area contributed by atoms with Crippen LogP contribution in [0.1, 0.15) is 57.4 Å². The number of imidazole rings is 1. The van der Waals surface area contributed by atoms with Gasteiger partial charge in [-0.05, 0) is 55.9 Å². The lowest BCUT2D eigenvalue weighted by Crippen LogP contribution is -2.44. The topological polar surface area (TPSA) is 56.2 Å². The number of ether oxygens (including phenoxy) is 1. The van der Waals surface area contributed by atoms with Crippen LogP contribution in [0.15, 0.2) is 42.5 Å². The van der Waals surface area contributed by atoms with E-state index in [9.17, 15) is 4.79 Å². The van der Waals surface area contributed by atoms with Gasteiger partial charge in [0, 0.05) is 22.7 Å². The summed E-state index contributed by atoms with van der Waals surface area (Å²) in [5, 5.41) is 4.05. The number of halogens is 1. The molecule has 5 rings (SSSR count). The van der Waals surface area contributed by atoms with E-state index in [-0.39, 0.29) is 18.0 Å². The van der Waals surface area contributed by atoms with Crippen molar-refractivity contribution in [3.05, 3.63) is 47.5 Å². The average Bonchev–Trinajstić information content (AvgIpc) is 3.15. The number of amides is 1. The molecule has 1 amide bonds. The Bertz CT molecular complexity index is 1120. The zero-order valence-corrected chi connectivity index (χ0v) is 19.3. The summed E-state index contributed by atoms with van der Waals surface area (Å²) in [5.74, 6) is 1.97. The van der Waals surface area contributed by atoms with E-state index in [2.05, 4.69) is 9.88 Å². The first-order chi connectivity index (χ1) is 15.6. The summed E-state index contributed by atoms with van der Waals surface area (Å²) < 4.78 is 7.66. The molecule has 0 aliphatic heterocycles. The number of hydrogen-bond donors (Lipinski definition) is 1. The first-order valence-corrected chi connectivity index (χ1v) is 12.1. The van der Waals surface area contributed by atoms with Crippen LogP contribution in [0.4, 0.5) is 0 Å². The van der Waals surface area contributed by atoms with Crippen LogP contribution >= 0.6 is 11.6 Å². The highest BCUT2D eigenvalue weighted by Crippen LogP contribution is 2.41. The van der Waals surface area contributed by atoms with Crippen molar-refractivity contribution in [2.24, 2.45) is 5.92 Å². The van der Waals surface area contributed by atoms with Crippen molar-refractivity contribution >= 4 is 28.5 Å². The Kier molecular flexibility index (Phi) is 6.09. The van der Waals surface area contributed by atoms with Gasteiger partial charge >= 0.3 is 0 Å². The second kappa shape index (κ2) is 9.14. The maximum atomic E-state index is 13.8. The number of benzene rings is 2. The molecular weight excluding hydrogens is 422 g/mol. The minimum absolute atomic E-state index is 0.118. The molecule has 1 heterocycles. The number of rotatable bonds is 6. The molecule has 1 aromatic heterocycles. The zero-order valence-electron chi connectivity index (χ0n) is 18.5. The fourth-order valence-corrected chi connectivity index (χ4v) is 5.33. The number of nitrogens with one attached hydrogen (secondary N) is 1. The van der Waals surface area contributed by atoms with Crippen LogP contribution in [0, 0.1) is 5.92 Å². The predicted octanol–water partition coefficient (Wildman–Crippen LogP) is 6.16. The van der Waals surface area contributed by atoms with Crippen LogP contribution in [0.25, 0.3) is 22.4 Å². The van der Waals surface area contributed by atoms with Gasteiger partial charge in [0.2, 0.25) is 5.91 Å². The summed E-state index contributed by atoms with van der Waals surface area (Å²) in [7, 11) is 1.67. The first kappa shape index (κ1) is 21.3. The third-order valence-corrected chi connectivity index (χ3v) is 7.31. The molecule has 168 valence electrons. The first-order valence-electron chi connectivity index (χ1n) is 11.8. The van der Waals surface area contributed by atoms with Gasteiger partial charge in [-0.1, -0.05) is 49.4 Å². The molecular formula is C26H30ClN3O2. The van der Waals surface area contributed by atoms with Crippen molar-refractivity contribution < 1.29 is 9.53 Å². The lowest BCUT2D eigenvalue weighted by molar-refractivity contribution is -0.127. The smallest absolute Gasteiger partial charge is 0.243 e. The van der Waals surface area contributed by atoms with Gasteiger partial charge in [-0.2, -0.15) is 0 Å². The van der Waals surface area contributed by atoms with E-state index in [1.54, 1.807) is 7.11 Å². The molecule has 2 saturated carbocycles. The van der Waals surface area contributed by atoms with Gasteiger partial charge in [0.1, 0.15) is 17.6 Å². The van der Waals surface area contributed by atoms with Crippen molar-refractivity contribution in [3.8, 4) is 17.1 Å². The van der Waals surface area contributed by atoms with Crippen LogP contribution in [0.2, 0.25) is 5.02 Å². The van der Waals surface area contributed by atoms with Gasteiger partial charge in [0.25, 0.3) is 0 Å². The lowest BCUT2D eigenvalue weighted by atomic mass is 9.78. The Hall–Kier alpha value is -2.53. The Balaban J connectivity index is 1.63. The predicted molar refractivity (Wildman–Crippen MR) is 128 cm³/mol. The molecule has 0 radical (unpaired) electrons.